The first-order valence-corrected chi connectivity index (χ1v) is 7.05. The fourth-order valence-corrected chi connectivity index (χ4v) is 2.52. The molecule has 2 aromatic carbocycles. The topological polar surface area (TPSA) is 76.1 Å². The molecule has 0 saturated heterocycles. The number of hydrogen-bond acceptors (Lipinski definition) is 4. The maximum absolute atomic E-state index is 12.9. The number of carboxylic acids is 1. The molecule has 0 saturated carbocycles. The first-order valence-electron chi connectivity index (χ1n) is 7.05. The van der Waals surface area contributed by atoms with Crippen molar-refractivity contribution in [3.63, 3.8) is 0 Å². The number of carboxylic acid groups (broad SMARTS) is 1. The molecule has 6 heteroatoms. The number of fused-ring (bicyclic) bond motifs is 1. The van der Waals surface area contributed by atoms with Crippen LogP contribution in [0.3, 0.4) is 0 Å². The predicted octanol–water partition coefficient (Wildman–Crippen LogP) is 2.19. The zero-order valence-corrected chi connectivity index (χ0v) is 12.4. The first kappa shape index (κ1) is 14.9. The molecule has 0 aromatic heterocycles. The second kappa shape index (κ2) is 6.00. The minimum absolute atomic E-state index is 0.0662. The Morgan fingerprint density at radius 2 is 1.87 bits per heavy atom. The molecule has 0 fully saturated rings. The van der Waals surface area contributed by atoms with Crippen molar-refractivity contribution in [2.45, 2.75) is 6.10 Å². The van der Waals surface area contributed by atoms with E-state index in [-0.39, 0.29) is 12.5 Å². The number of para-hydroxylation sites is 3. The number of rotatable bonds is 3. The Kier molecular flexibility index (Phi) is 3.89. The molecule has 1 aliphatic heterocycles. The maximum Gasteiger partial charge on any atom is 0.346 e. The third-order valence-corrected chi connectivity index (χ3v) is 3.63. The molecule has 0 unspecified atom stereocenters. The van der Waals surface area contributed by atoms with Gasteiger partial charge < -0.3 is 19.5 Å². The minimum Gasteiger partial charge on any atom is -0.496 e. The van der Waals surface area contributed by atoms with Crippen LogP contribution in [0.15, 0.2) is 48.5 Å². The number of benzene rings is 2. The Labute approximate surface area is 132 Å². The molecule has 1 atom stereocenters. The van der Waals surface area contributed by atoms with Crippen LogP contribution >= 0.6 is 0 Å². The molecule has 118 valence electrons. The largest absolute Gasteiger partial charge is 0.496 e. The van der Waals surface area contributed by atoms with E-state index < -0.39 is 12.1 Å². The molecular formula is C17H15NO5. The highest BCUT2D eigenvalue weighted by Gasteiger charge is 2.34. The summed E-state index contributed by atoms with van der Waals surface area (Å²) in [6.07, 6.45) is -1.11. The Morgan fingerprint density at radius 3 is 2.61 bits per heavy atom. The van der Waals surface area contributed by atoms with Crippen LogP contribution in [0.5, 0.6) is 11.5 Å². The normalized spacial score (nSPS) is 16.2. The molecule has 6 nitrogen and oxygen atoms in total. The van der Waals surface area contributed by atoms with E-state index in [1.165, 1.54) is 12.0 Å². The van der Waals surface area contributed by atoms with Crippen molar-refractivity contribution in [1.82, 2.24) is 0 Å². The third kappa shape index (κ3) is 2.70. The number of carbonyl (C=O) groups is 2. The van der Waals surface area contributed by atoms with E-state index in [4.69, 9.17) is 9.47 Å². The number of hydrogen-bond donors (Lipinski definition) is 1. The van der Waals surface area contributed by atoms with Crippen molar-refractivity contribution in [3.05, 3.63) is 54.1 Å². The van der Waals surface area contributed by atoms with Crippen LogP contribution in [0.4, 0.5) is 5.69 Å². The Hall–Kier alpha value is -3.02. The Balaban J connectivity index is 2.03. The van der Waals surface area contributed by atoms with Gasteiger partial charge in [-0.25, -0.2) is 4.79 Å². The standard InChI is InChI=1S/C17H15NO5/c1-22-13-8-4-2-6-11(13)16(19)18-10-15(17(20)21)23-14-9-5-3-7-12(14)18/h2-9,15H,10H2,1H3,(H,20,21)/t15-/m1/s1. The van der Waals surface area contributed by atoms with E-state index in [2.05, 4.69) is 0 Å². The molecule has 3 rings (SSSR count). The number of ether oxygens (including phenoxy) is 2. The van der Waals surface area contributed by atoms with Gasteiger partial charge in [0.25, 0.3) is 5.91 Å². The number of aliphatic carboxylic acids is 1. The number of carbonyl (C=O) groups excluding carboxylic acids is 1. The maximum atomic E-state index is 12.9. The highest BCUT2D eigenvalue weighted by Crippen LogP contribution is 2.35. The number of anilines is 1. The van der Waals surface area contributed by atoms with E-state index >= 15 is 0 Å². The molecule has 0 aliphatic carbocycles. The van der Waals surface area contributed by atoms with Gasteiger partial charge in [-0.2, -0.15) is 0 Å². The second-order valence-electron chi connectivity index (χ2n) is 5.03. The van der Waals surface area contributed by atoms with Gasteiger partial charge in [-0.1, -0.05) is 24.3 Å². The summed E-state index contributed by atoms with van der Waals surface area (Å²) < 4.78 is 10.7. The third-order valence-electron chi connectivity index (χ3n) is 3.63. The van der Waals surface area contributed by atoms with Gasteiger partial charge in [-0.3, -0.25) is 4.79 Å². The molecule has 23 heavy (non-hydrogen) atoms. The van der Waals surface area contributed by atoms with Crippen LogP contribution in [0, 0.1) is 0 Å². The van der Waals surface area contributed by atoms with Crippen molar-refractivity contribution < 1.29 is 24.2 Å². The summed E-state index contributed by atoms with van der Waals surface area (Å²) in [5.41, 5.74) is 0.914. The van der Waals surface area contributed by atoms with Gasteiger partial charge in [0.2, 0.25) is 6.10 Å². The van der Waals surface area contributed by atoms with E-state index in [1.807, 2.05) is 0 Å². The lowest BCUT2D eigenvalue weighted by Crippen LogP contribution is -2.47. The zero-order chi connectivity index (χ0) is 16.4. The van der Waals surface area contributed by atoms with E-state index in [0.717, 1.165) is 0 Å². The van der Waals surface area contributed by atoms with Crippen LogP contribution in [-0.2, 0) is 4.79 Å². The number of amides is 1. The van der Waals surface area contributed by atoms with Gasteiger partial charge in [-0.15, -0.1) is 0 Å². The van der Waals surface area contributed by atoms with Crippen molar-refractivity contribution in [2.75, 3.05) is 18.6 Å². The second-order valence-corrected chi connectivity index (χ2v) is 5.03. The molecular weight excluding hydrogens is 298 g/mol. The smallest absolute Gasteiger partial charge is 0.346 e. The number of methoxy groups -OCH3 is 1. The van der Waals surface area contributed by atoms with Gasteiger partial charge >= 0.3 is 5.97 Å². The van der Waals surface area contributed by atoms with Gasteiger partial charge in [0.1, 0.15) is 11.5 Å². The highest BCUT2D eigenvalue weighted by molar-refractivity contribution is 6.09. The average molecular weight is 313 g/mol. The summed E-state index contributed by atoms with van der Waals surface area (Å²) in [5, 5.41) is 9.25. The predicted molar refractivity (Wildman–Crippen MR) is 83.2 cm³/mol. The van der Waals surface area contributed by atoms with Crippen LogP contribution in [0.25, 0.3) is 0 Å². The molecule has 1 aliphatic rings. The molecule has 2 aromatic rings. The lowest BCUT2D eigenvalue weighted by Gasteiger charge is -2.33. The molecule has 1 amide bonds. The molecule has 1 heterocycles. The van der Waals surface area contributed by atoms with Gasteiger partial charge in [0.15, 0.2) is 0 Å². The Morgan fingerprint density at radius 1 is 1.17 bits per heavy atom. The number of nitrogens with zero attached hydrogens (tertiary/aromatic N) is 1. The summed E-state index contributed by atoms with van der Waals surface area (Å²) in [5.74, 6) is -0.635. The van der Waals surface area contributed by atoms with Gasteiger partial charge in [-0.05, 0) is 24.3 Å². The summed E-state index contributed by atoms with van der Waals surface area (Å²) in [6, 6.07) is 13.7. The first-order chi connectivity index (χ1) is 11.1. The average Bonchev–Trinajstić information content (AvgIpc) is 2.60. The van der Waals surface area contributed by atoms with Crippen LogP contribution in [0.1, 0.15) is 10.4 Å². The van der Waals surface area contributed by atoms with Gasteiger partial charge in [0.05, 0.1) is 24.9 Å². The van der Waals surface area contributed by atoms with E-state index in [9.17, 15) is 14.7 Å². The van der Waals surface area contributed by atoms with Crippen LogP contribution < -0.4 is 14.4 Å². The molecule has 0 bridgehead atoms. The molecule has 0 radical (unpaired) electrons. The minimum atomic E-state index is -1.11. The molecule has 1 N–H and O–H groups in total. The summed E-state index contributed by atoms with van der Waals surface area (Å²) in [6.45, 7) is -0.0662. The lowest BCUT2D eigenvalue weighted by molar-refractivity contribution is -0.144. The summed E-state index contributed by atoms with van der Waals surface area (Å²) in [4.78, 5) is 25.6. The van der Waals surface area contributed by atoms with Crippen molar-refractivity contribution in [3.8, 4) is 11.5 Å². The van der Waals surface area contributed by atoms with E-state index in [0.29, 0.717) is 22.7 Å². The Bertz CT molecular complexity index is 758. The SMILES string of the molecule is COc1ccccc1C(=O)N1C[C@H](C(=O)O)Oc2ccccc21. The van der Waals surface area contributed by atoms with E-state index in [1.54, 1.807) is 48.5 Å². The fraction of sp³-hybridized carbons (Fsp3) is 0.176. The van der Waals surface area contributed by atoms with Crippen molar-refractivity contribution in [1.29, 1.82) is 0 Å². The van der Waals surface area contributed by atoms with Crippen molar-refractivity contribution in [2.24, 2.45) is 0 Å². The fourth-order valence-electron chi connectivity index (χ4n) is 2.52. The van der Waals surface area contributed by atoms with Gasteiger partial charge in [0, 0.05) is 0 Å². The summed E-state index contributed by atoms with van der Waals surface area (Å²) in [7, 11) is 1.49. The quantitative estimate of drug-likeness (QED) is 0.940. The highest BCUT2D eigenvalue weighted by atomic mass is 16.5. The zero-order valence-electron chi connectivity index (χ0n) is 12.4. The van der Waals surface area contributed by atoms with Crippen molar-refractivity contribution >= 4 is 17.6 Å². The monoisotopic (exact) mass is 313 g/mol. The molecule has 0 spiro atoms. The lowest BCUT2D eigenvalue weighted by atomic mass is 10.1. The van der Waals surface area contributed by atoms with Crippen LogP contribution in [-0.4, -0.2) is 36.7 Å². The summed E-state index contributed by atoms with van der Waals surface area (Å²) >= 11 is 0. The van der Waals surface area contributed by atoms with Crippen LogP contribution in [0.2, 0.25) is 0 Å².